The quantitative estimate of drug-likeness (QED) is 0.670. The maximum Gasteiger partial charge on any atom is 0.0475 e. The van der Waals surface area contributed by atoms with Crippen LogP contribution in [-0.4, -0.2) is 4.98 Å². The van der Waals surface area contributed by atoms with Crippen molar-refractivity contribution in [2.24, 2.45) is 0 Å². The van der Waals surface area contributed by atoms with E-state index in [9.17, 15) is 0 Å². The Morgan fingerprint density at radius 1 is 1.31 bits per heavy atom. The fourth-order valence-corrected chi connectivity index (χ4v) is 1.29. The first-order chi connectivity index (χ1) is 7.75. The van der Waals surface area contributed by atoms with E-state index in [1.54, 1.807) is 12.3 Å². The molecule has 0 N–H and O–H groups in total. The van der Waals surface area contributed by atoms with Crippen molar-refractivity contribution in [3.8, 4) is 0 Å². The summed E-state index contributed by atoms with van der Waals surface area (Å²) in [6.07, 6.45) is 11.3. The summed E-state index contributed by atoms with van der Waals surface area (Å²) in [5.74, 6) is 0.245. The summed E-state index contributed by atoms with van der Waals surface area (Å²) in [5.41, 5.74) is 2.09. The number of hydrogen-bond donors (Lipinski definition) is 0. The second kappa shape index (κ2) is 6.57. The molecule has 1 heterocycles. The van der Waals surface area contributed by atoms with Crippen LogP contribution in [0.2, 0.25) is 0 Å². The van der Waals surface area contributed by atoms with Crippen LogP contribution in [0.5, 0.6) is 0 Å². The van der Waals surface area contributed by atoms with Crippen molar-refractivity contribution in [1.82, 2.24) is 4.98 Å². The second-order valence-corrected chi connectivity index (χ2v) is 3.53. The van der Waals surface area contributed by atoms with Crippen molar-refractivity contribution in [2.75, 3.05) is 0 Å². The lowest BCUT2D eigenvalue weighted by molar-refractivity contribution is 0.874. The fourth-order valence-electron chi connectivity index (χ4n) is 1.29. The zero-order chi connectivity index (χ0) is 11.8. The first-order valence-electron chi connectivity index (χ1n) is 5.31. The van der Waals surface area contributed by atoms with Crippen LogP contribution in [0.25, 0.3) is 0 Å². The maximum absolute atomic E-state index is 4.32. The summed E-state index contributed by atoms with van der Waals surface area (Å²) < 4.78 is 0. The molecule has 0 bridgehead atoms. The van der Waals surface area contributed by atoms with Gasteiger partial charge in [0.1, 0.15) is 0 Å². The van der Waals surface area contributed by atoms with E-state index in [1.165, 1.54) is 0 Å². The van der Waals surface area contributed by atoms with Gasteiger partial charge in [-0.15, -0.1) is 0 Å². The van der Waals surface area contributed by atoms with Gasteiger partial charge in [-0.05, 0) is 17.7 Å². The molecule has 0 radical (unpaired) electrons. The minimum atomic E-state index is 0.245. The van der Waals surface area contributed by atoms with E-state index in [0.717, 1.165) is 11.3 Å². The predicted molar refractivity (Wildman–Crippen MR) is 70.3 cm³/mol. The normalized spacial score (nSPS) is 13.1. The lowest BCUT2D eigenvalue weighted by atomic mass is 9.98. The zero-order valence-electron chi connectivity index (χ0n) is 9.63. The Balaban J connectivity index is 2.65. The molecule has 1 unspecified atom stereocenters. The summed E-state index contributed by atoms with van der Waals surface area (Å²) >= 11 is 0. The van der Waals surface area contributed by atoms with E-state index < -0.39 is 0 Å². The third kappa shape index (κ3) is 3.70. The van der Waals surface area contributed by atoms with Crippen LogP contribution in [0.15, 0.2) is 73.5 Å². The molecule has 1 nitrogen and oxygen atoms in total. The largest absolute Gasteiger partial charge is 0.261 e. The Labute approximate surface area is 97.5 Å². The van der Waals surface area contributed by atoms with Gasteiger partial charge < -0.3 is 0 Å². The van der Waals surface area contributed by atoms with E-state index in [4.69, 9.17) is 0 Å². The molecule has 82 valence electrons. The van der Waals surface area contributed by atoms with Crippen LogP contribution in [-0.2, 0) is 0 Å². The summed E-state index contributed by atoms with van der Waals surface area (Å²) in [4.78, 5) is 4.32. The SMILES string of the molecule is C=C/C=C\C=C/C(=C)C(C)c1ccccn1. The molecule has 1 rings (SSSR count). The summed E-state index contributed by atoms with van der Waals surface area (Å²) in [5, 5.41) is 0. The van der Waals surface area contributed by atoms with Crippen LogP contribution < -0.4 is 0 Å². The van der Waals surface area contributed by atoms with Crippen molar-refractivity contribution in [3.63, 3.8) is 0 Å². The van der Waals surface area contributed by atoms with Gasteiger partial charge in [0.2, 0.25) is 0 Å². The second-order valence-electron chi connectivity index (χ2n) is 3.53. The Hall–Kier alpha value is -1.89. The lowest BCUT2D eigenvalue weighted by Gasteiger charge is -2.10. The minimum Gasteiger partial charge on any atom is -0.261 e. The molecule has 1 aromatic rings. The van der Waals surface area contributed by atoms with Crippen molar-refractivity contribution in [1.29, 1.82) is 0 Å². The van der Waals surface area contributed by atoms with Crippen molar-refractivity contribution >= 4 is 0 Å². The van der Waals surface area contributed by atoms with Gasteiger partial charge in [-0.3, -0.25) is 4.98 Å². The van der Waals surface area contributed by atoms with Crippen LogP contribution in [0.3, 0.4) is 0 Å². The van der Waals surface area contributed by atoms with E-state index in [1.807, 2.05) is 42.5 Å². The highest BCUT2D eigenvalue weighted by atomic mass is 14.7. The predicted octanol–water partition coefficient (Wildman–Crippen LogP) is 4.04. The number of hydrogen-bond acceptors (Lipinski definition) is 1. The van der Waals surface area contributed by atoms with E-state index in [0.29, 0.717) is 0 Å². The van der Waals surface area contributed by atoms with Crippen LogP contribution in [0, 0.1) is 0 Å². The molecule has 16 heavy (non-hydrogen) atoms. The summed E-state index contributed by atoms with van der Waals surface area (Å²) in [6.45, 7) is 9.75. The number of pyridine rings is 1. The molecule has 0 aliphatic heterocycles. The third-order valence-corrected chi connectivity index (χ3v) is 2.36. The smallest absolute Gasteiger partial charge is 0.0475 e. The Kier molecular flexibility index (Phi) is 5.00. The van der Waals surface area contributed by atoms with Gasteiger partial charge in [0.05, 0.1) is 0 Å². The highest BCUT2D eigenvalue weighted by Crippen LogP contribution is 2.20. The first kappa shape index (κ1) is 12.2. The standard InChI is InChI=1S/C15H17N/c1-4-5-6-7-10-13(2)14(3)15-11-8-9-12-16-15/h4-12,14H,1-2H2,3H3/b6-5-,10-7-. The molecule has 1 heteroatoms. The van der Waals surface area contributed by atoms with Gasteiger partial charge in [0.15, 0.2) is 0 Å². The Morgan fingerprint density at radius 2 is 2.12 bits per heavy atom. The van der Waals surface area contributed by atoms with E-state index in [-0.39, 0.29) is 5.92 Å². The van der Waals surface area contributed by atoms with E-state index >= 15 is 0 Å². The molecule has 0 aliphatic rings. The molecule has 0 saturated carbocycles. The van der Waals surface area contributed by atoms with Gasteiger partial charge in [-0.25, -0.2) is 0 Å². The lowest BCUT2D eigenvalue weighted by Crippen LogP contribution is -1.97. The maximum atomic E-state index is 4.32. The first-order valence-corrected chi connectivity index (χ1v) is 5.31. The highest BCUT2D eigenvalue weighted by molar-refractivity contribution is 5.30. The molecule has 0 aliphatic carbocycles. The molecular formula is C15H17N. The Morgan fingerprint density at radius 3 is 2.75 bits per heavy atom. The van der Waals surface area contributed by atoms with Crippen LogP contribution in [0.4, 0.5) is 0 Å². The number of rotatable bonds is 5. The van der Waals surface area contributed by atoms with Gasteiger partial charge >= 0.3 is 0 Å². The van der Waals surface area contributed by atoms with Crippen molar-refractivity contribution < 1.29 is 0 Å². The number of allylic oxidation sites excluding steroid dienone is 6. The highest BCUT2D eigenvalue weighted by Gasteiger charge is 2.06. The minimum absolute atomic E-state index is 0.245. The molecule has 0 amide bonds. The molecule has 1 aromatic heterocycles. The van der Waals surface area contributed by atoms with Gasteiger partial charge in [-0.1, -0.05) is 56.5 Å². The molecule has 0 saturated heterocycles. The topological polar surface area (TPSA) is 12.9 Å². The van der Waals surface area contributed by atoms with Gasteiger partial charge in [-0.2, -0.15) is 0 Å². The molecular weight excluding hydrogens is 194 g/mol. The Bertz CT molecular complexity index is 399. The number of nitrogens with zero attached hydrogens (tertiary/aromatic N) is 1. The summed E-state index contributed by atoms with van der Waals surface area (Å²) in [6, 6.07) is 5.93. The van der Waals surface area contributed by atoms with Crippen LogP contribution >= 0.6 is 0 Å². The average molecular weight is 211 g/mol. The van der Waals surface area contributed by atoms with Crippen molar-refractivity contribution in [3.05, 3.63) is 79.2 Å². The molecule has 0 aromatic carbocycles. The molecule has 0 spiro atoms. The molecule has 0 fully saturated rings. The molecule has 1 atom stereocenters. The average Bonchev–Trinajstić information content (AvgIpc) is 2.34. The monoisotopic (exact) mass is 211 g/mol. The van der Waals surface area contributed by atoms with E-state index in [2.05, 4.69) is 25.1 Å². The summed E-state index contributed by atoms with van der Waals surface area (Å²) in [7, 11) is 0. The fraction of sp³-hybridized carbons (Fsp3) is 0.133. The zero-order valence-corrected chi connectivity index (χ0v) is 9.63. The number of aromatic nitrogens is 1. The van der Waals surface area contributed by atoms with Gasteiger partial charge in [0, 0.05) is 17.8 Å². The van der Waals surface area contributed by atoms with Crippen molar-refractivity contribution in [2.45, 2.75) is 12.8 Å². The van der Waals surface area contributed by atoms with Crippen LogP contribution in [0.1, 0.15) is 18.5 Å². The van der Waals surface area contributed by atoms with Gasteiger partial charge in [0.25, 0.3) is 0 Å². The third-order valence-electron chi connectivity index (χ3n) is 2.36.